The van der Waals surface area contributed by atoms with Crippen LogP contribution in [-0.4, -0.2) is 26.1 Å². The van der Waals surface area contributed by atoms with Gasteiger partial charge in [0.25, 0.3) is 0 Å². The number of anilines is 1. The summed E-state index contributed by atoms with van der Waals surface area (Å²) in [7, 11) is 0. The van der Waals surface area contributed by atoms with Gasteiger partial charge in [-0.15, -0.1) is 5.10 Å². The van der Waals surface area contributed by atoms with E-state index in [1.807, 2.05) is 0 Å². The first kappa shape index (κ1) is 18.8. The predicted octanol–water partition coefficient (Wildman–Crippen LogP) is 2.97. The number of nitrogens with zero attached hydrogens (tertiary/aromatic N) is 4. The van der Waals surface area contributed by atoms with Crippen molar-refractivity contribution in [2.45, 2.75) is 12.2 Å². The molecule has 7 nitrogen and oxygen atoms in total. The van der Waals surface area contributed by atoms with Crippen molar-refractivity contribution in [1.29, 1.82) is 0 Å². The molecule has 0 radical (unpaired) electrons. The molecule has 0 aliphatic carbocycles. The number of alkyl halides is 3. The maximum atomic E-state index is 13.0. The van der Waals surface area contributed by atoms with Gasteiger partial charge in [0.05, 0.1) is 16.3 Å². The third-order valence-electron chi connectivity index (χ3n) is 3.66. The molecular weight excluding hydrogens is 385 g/mol. The van der Waals surface area contributed by atoms with Gasteiger partial charge < -0.3 is 11.1 Å². The topological polar surface area (TPSA) is 98.7 Å². The molecule has 0 saturated carbocycles. The first-order valence-electron chi connectivity index (χ1n) is 7.52. The number of rotatable bonds is 4. The van der Waals surface area contributed by atoms with Crippen LogP contribution in [0.2, 0.25) is 5.02 Å². The summed E-state index contributed by atoms with van der Waals surface area (Å²) in [6.45, 7) is 0. The zero-order valence-electron chi connectivity index (χ0n) is 13.5. The molecule has 1 heterocycles. The minimum atomic E-state index is -4.65. The summed E-state index contributed by atoms with van der Waals surface area (Å²) in [5.74, 6) is -0.681. The first-order chi connectivity index (χ1) is 12.8. The van der Waals surface area contributed by atoms with Crippen LogP contribution in [0.3, 0.4) is 0 Å². The van der Waals surface area contributed by atoms with E-state index >= 15 is 0 Å². The van der Waals surface area contributed by atoms with Crippen molar-refractivity contribution in [1.82, 2.24) is 20.2 Å². The number of benzene rings is 2. The summed E-state index contributed by atoms with van der Waals surface area (Å²) in [4.78, 5) is 12.4. The quantitative estimate of drug-likeness (QED) is 0.706. The normalized spacial score (nSPS) is 12.6. The molecule has 3 aromatic rings. The zero-order valence-corrected chi connectivity index (χ0v) is 14.2. The molecule has 0 saturated heterocycles. The smallest absolute Gasteiger partial charge is 0.324 e. The minimum absolute atomic E-state index is 0.0131. The van der Waals surface area contributed by atoms with Gasteiger partial charge >= 0.3 is 6.18 Å². The molecule has 1 aromatic heterocycles. The van der Waals surface area contributed by atoms with E-state index in [1.54, 1.807) is 24.3 Å². The van der Waals surface area contributed by atoms with Crippen LogP contribution in [0.1, 0.15) is 17.2 Å². The monoisotopic (exact) mass is 396 g/mol. The molecule has 11 heteroatoms. The molecular formula is C16H12ClF3N6O. The number of aromatic nitrogens is 4. The number of carbonyl (C=O) groups excluding carboxylic acids is 1. The number of nitrogens with two attached hydrogens (primary N) is 1. The van der Waals surface area contributed by atoms with Crippen LogP contribution in [0.25, 0.3) is 5.69 Å². The van der Waals surface area contributed by atoms with Crippen LogP contribution < -0.4 is 11.1 Å². The van der Waals surface area contributed by atoms with E-state index in [4.69, 9.17) is 17.3 Å². The second-order valence-corrected chi connectivity index (χ2v) is 5.92. The highest BCUT2D eigenvalue weighted by Gasteiger charge is 2.34. The third-order valence-corrected chi connectivity index (χ3v) is 3.99. The van der Waals surface area contributed by atoms with E-state index in [0.717, 1.165) is 12.1 Å². The third kappa shape index (κ3) is 4.23. The Labute approximate surface area is 155 Å². The highest BCUT2D eigenvalue weighted by atomic mass is 35.5. The fourth-order valence-corrected chi connectivity index (χ4v) is 2.56. The SMILES string of the molecule is NC(C(=O)Nc1cccc(-n2cnnn2)c1)c1ccc(Cl)c(C(F)(F)F)c1. The zero-order chi connectivity index (χ0) is 19.6. The van der Waals surface area contributed by atoms with Crippen molar-refractivity contribution in [2.75, 3.05) is 5.32 Å². The van der Waals surface area contributed by atoms with Gasteiger partial charge in [-0.3, -0.25) is 4.79 Å². The van der Waals surface area contributed by atoms with Crippen molar-refractivity contribution in [2.24, 2.45) is 5.73 Å². The van der Waals surface area contributed by atoms with E-state index < -0.39 is 28.7 Å². The lowest BCUT2D eigenvalue weighted by molar-refractivity contribution is -0.137. The minimum Gasteiger partial charge on any atom is -0.324 e. The Hall–Kier alpha value is -2.98. The summed E-state index contributed by atoms with van der Waals surface area (Å²) in [6.07, 6.45) is -3.28. The highest BCUT2D eigenvalue weighted by Crippen LogP contribution is 2.36. The Kier molecular flexibility index (Phi) is 5.10. The summed E-state index contributed by atoms with van der Waals surface area (Å²) in [5.41, 5.74) is 5.72. The van der Waals surface area contributed by atoms with Crippen LogP contribution in [0.4, 0.5) is 18.9 Å². The molecule has 1 atom stereocenters. The van der Waals surface area contributed by atoms with Crippen molar-refractivity contribution < 1.29 is 18.0 Å². The Morgan fingerprint density at radius 1 is 1.22 bits per heavy atom. The van der Waals surface area contributed by atoms with Gasteiger partial charge in [0.2, 0.25) is 5.91 Å². The van der Waals surface area contributed by atoms with E-state index in [9.17, 15) is 18.0 Å². The standard InChI is InChI=1S/C16H12ClF3N6O/c17-13-5-4-9(6-12(13)16(18,19)20)14(21)15(27)23-10-2-1-3-11(7-10)26-8-22-24-25-26/h1-8,14H,21H2,(H,23,27). The van der Waals surface area contributed by atoms with Gasteiger partial charge in [-0.25, -0.2) is 4.68 Å². The van der Waals surface area contributed by atoms with Gasteiger partial charge in [0.1, 0.15) is 12.4 Å². The fourth-order valence-electron chi connectivity index (χ4n) is 2.33. The predicted molar refractivity (Wildman–Crippen MR) is 91.2 cm³/mol. The number of tetrazole rings is 1. The number of halogens is 4. The number of amides is 1. The lowest BCUT2D eigenvalue weighted by atomic mass is 10.0. The van der Waals surface area contributed by atoms with Crippen molar-refractivity contribution in [3.63, 3.8) is 0 Å². The number of nitrogens with one attached hydrogen (secondary N) is 1. The van der Waals surface area contributed by atoms with Crippen LogP contribution in [0, 0.1) is 0 Å². The van der Waals surface area contributed by atoms with Crippen LogP contribution in [0.15, 0.2) is 48.8 Å². The van der Waals surface area contributed by atoms with Gasteiger partial charge in [0, 0.05) is 5.69 Å². The van der Waals surface area contributed by atoms with Crippen LogP contribution in [0.5, 0.6) is 0 Å². The number of hydrogen-bond donors (Lipinski definition) is 2. The van der Waals surface area contributed by atoms with E-state index in [2.05, 4.69) is 20.8 Å². The number of carbonyl (C=O) groups is 1. The second-order valence-electron chi connectivity index (χ2n) is 5.51. The molecule has 0 aliphatic heterocycles. The van der Waals surface area contributed by atoms with E-state index in [0.29, 0.717) is 11.4 Å². The molecule has 3 rings (SSSR count). The second kappa shape index (κ2) is 7.33. The molecule has 27 heavy (non-hydrogen) atoms. The first-order valence-corrected chi connectivity index (χ1v) is 7.90. The molecule has 1 unspecified atom stereocenters. The molecule has 1 amide bonds. The summed E-state index contributed by atoms with van der Waals surface area (Å²) >= 11 is 5.58. The lowest BCUT2D eigenvalue weighted by Crippen LogP contribution is -2.28. The maximum absolute atomic E-state index is 13.0. The van der Waals surface area contributed by atoms with Crippen molar-refractivity contribution in [3.8, 4) is 5.69 Å². The molecule has 3 N–H and O–H groups in total. The average Bonchev–Trinajstić information content (AvgIpc) is 3.15. The Balaban J connectivity index is 1.80. The van der Waals surface area contributed by atoms with Crippen molar-refractivity contribution >= 4 is 23.2 Å². The molecule has 0 spiro atoms. The van der Waals surface area contributed by atoms with Crippen molar-refractivity contribution in [3.05, 3.63) is 64.9 Å². The van der Waals surface area contributed by atoms with Gasteiger partial charge in [-0.2, -0.15) is 13.2 Å². The highest BCUT2D eigenvalue weighted by molar-refractivity contribution is 6.31. The fraction of sp³-hybridized carbons (Fsp3) is 0.125. The molecule has 0 fully saturated rings. The Morgan fingerprint density at radius 3 is 2.67 bits per heavy atom. The van der Waals surface area contributed by atoms with Gasteiger partial charge in [-0.05, 0) is 46.3 Å². The molecule has 0 bridgehead atoms. The average molecular weight is 397 g/mol. The lowest BCUT2D eigenvalue weighted by Gasteiger charge is -2.16. The Morgan fingerprint density at radius 2 is 2.00 bits per heavy atom. The number of hydrogen-bond acceptors (Lipinski definition) is 5. The Bertz CT molecular complexity index is 961. The van der Waals surface area contributed by atoms with Gasteiger partial charge in [0.15, 0.2) is 0 Å². The van der Waals surface area contributed by atoms with E-state index in [1.165, 1.54) is 17.1 Å². The molecule has 140 valence electrons. The molecule has 2 aromatic carbocycles. The molecule has 0 aliphatic rings. The van der Waals surface area contributed by atoms with E-state index in [-0.39, 0.29) is 5.56 Å². The maximum Gasteiger partial charge on any atom is 0.417 e. The van der Waals surface area contributed by atoms with Gasteiger partial charge in [-0.1, -0.05) is 23.7 Å². The summed E-state index contributed by atoms with van der Waals surface area (Å²) in [5, 5.41) is 12.8. The van der Waals surface area contributed by atoms with Crippen LogP contribution in [-0.2, 0) is 11.0 Å². The van der Waals surface area contributed by atoms with Crippen LogP contribution >= 0.6 is 11.6 Å². The largest absolute Gasteiger partial charge is 0.417 e. The summed E-state index contributed by atoms with van der Waals surface area (Å²) in [6, 6.07) is 8.34. The summed E-state index contributed by atoms with van der Waals surface area (Å²) < 4.78 is 40.3.